The molecule has 2 unspecified atom stereocenters. The first-order valence-corrected chi connectivity index (χ1v) is 8.55. The van der Waals surface area contributed by atoms with Crippen molar-refractivity contribution in [2.24, 2.45) is 5.92 Å². The van der Waals surface area contributed by atoms with Crippen LogP contribution in [0.5, 0.6) is 0 Å². The summed E-state index contributed by atoms with van der Waals surface area (Å²) in [4.78, 5) is 14.4. The first-order chi connectivity index (χ1) is 9.65. The quantitative estimate of drug-likeness (QED) is 0.847. The molecule has 1 amide bonds. The Hall–Kier alpha value is -0.870. The minimum atomic E-state index is -0.236. The van der Waals surface area contributed by atoms with E-state index < -0.39 is 0 Å². The second-order valence-electron chi connectivity index (χ2n) is 5.63. The zero-order chi connectivity index (χ0) is 14.5. The van der Waals surface area contributed by atoms with Gasteiger partial charge in [0.1, 0.15) is 0 Å². The normalized spacial score (nSPS) is 22.1. The van der Waals surface area contributed by atoms with E-state index in [2.05, 4.69) is 19.2 Å². The molecule has 0 spiro atoms. The number of aliphatic hydroxyl groups excluding tert-OH is 1. The molecule has 1 fully saturated rings. The van der Waals surface area contributed by atoms with Crippen LogP contribution in [0.2, 0.25) is 0 Å². The van der Waals surface area contributed by atoms with E-state index in [1.165, 1.54) is 10.4 Å². The number of thiophene rings is 1. The van der Waals surface area contributed by atoms with Crippen LogP contribution in [0.3, 0.4) is 0 Å². The van der Waals surface area contributed by atoms with E-state index in [0.29, 0.717) is 6.54 Å². The van der Waals surface area contributed by atoms with Gasteiger partial charge in [0.05, 0.1) is 11.0 Å². The zero-order valence-corrected chi connectivity index (χ0v) is 13.3. The van der Waals surface area contributed by atoms with Crippen molar-refractivity contribution >= 4 is 17.2 Å². The highest BCUT2D eigenvalue weighted by Gasteiger charge is 2.25. The second kappa shape index (κ2) is 7.23. The maximum absolute atomic E-state index is 12.2. The SMILES string of the molecule is CCCc1sc(C(=O)NCC2CCCC2O)cc1CC. The Bertz CT molecular complexity index is 455. The number of hydrogen-bond donors (Lipinski definition) is 2. The molecule has 0 bridgehead atoms. The van der Waals surface area contributed by atoms with Gasteiger partial charge in [-0.2, -0.15) is 0 Å². The van der Waals surface area contributed by atoms with Crippen LogP contribution < -0.4 is 5.32 Å². The Morgan fingerprint density at radius 1 is 1.45 bits per heavy atom. The van der Waals surface area contributed by atoms with Gasteiger partial charge in [0.25, 0.3) is 5.91 Å². The van der Waals surface area contributed by atoms with Gasteiger partial charge >= 0.3 is 0 Å². The molecule has 0 aliphatic heterocycles. The summed E-state index contributed by atoms with van der Waals surface area (Å²) in [6.07, 6.45) is 5.89. The van der Waals surface area contributed by atoms with Crippen molar-refractivity contribution in [3.05, 3.63) is 21.4 Å². The molecular formula is C16H25NO2S. The van der Waals surface area contributed by atoms with Crippen molar-refractivity contribution in [3.63, 3.8) is 0 Å². The highest BCUT2D eigenvalue weighted by molar-refractivity contribution is 7.14. The summed E-state index contributed by atoms with van der Waals surface area (Å²) >= 11 is 1.63. The van der Waals surface area contributed by atoms with Crippen molar-refractivity contribution in [2.45, 2.75) is 58.5 Å². The van der Waals surface area contributed by atoms with E-state index >= 15 is 0 Å². The van der Waals surface area contributed by atoms with Crippen LogP contribution in [0, 0.1) is 5.92 Å². The Morgan fingerprint density at radius 2 is 2.25 bits per heavy atom. The highest BCUT2D eigenvalue weighted by Crippen LogP contribution is 2.26. The molecule has 2 rings (SSSR count). The first kappa shape index (κ1) is 15.5. The lowest BCUT2D eigenvalue weighted by Gasteiger charge is -2.14. The predicted octanol–water partition coefficient (Wildman–Crippen LogP) is 3.15. The minimum Gasteiger partial charge on any atom is -0.393 e. The van der Waals surface area contributed by atoms with Gasteiger partial charge in [-0.3, -0.25) is 4.79 Å². The van der Waals surface area contributed by atoms with E-state index in [-0.39, 0.29) is 17.9 Å². The molecule has 112 valence electrons. The van der Waals surface area contributed by atoms with Crippen LogP contribution in [0.15, 0.2) is 6.07 Å². The third-order valence-electron chi connectivity index (χ3n) is 4.12. The number of nitrogens with one attached hydrogen (secondary N) is 1. The summed E-state index contributed by atoms with van der Waals surface area (Å²) in [5.74, 6) is 0.255. The standard InChI is InChI=1S/C16H25NO2S/c1-3-6-14-11(4-2)9-15(20-14)16(19)17-10-12-7-5-8-13(12)18/h9,12-13,18H,3-8,10H2,1-2H3,(H,17,19). The fraction of sp³-hybridized carbons (Fsp3) is 0.688. The molecular weight excluding hydrogens is 270 g/mol. The van der Waals surface area contributed by atoms with Crippen LogP contribution >= 0.6 is 11.3 Å². The summed E-state index contributed by atoms with van der Waals surface area (Å²) in [5, 5.41) is 12.8. The van der Waals surface area contributed by atoms with E-state index in [4.69, 9.17) is 0 Å². The lowest BCUT2D eigenvalue weighted by molar-refractivity contribution is 0.0920. The van der Waals surface area contributed by atoms with Crippen LogP contribution in [0.4, 0.5) is 0 Å². The smallest absolute Gasteiger partial charge is 0.261 e. The number of hydrogen-bond acceptors (Lipinski definition) is 3. The average Bonchev–Trinajstić information content (AvgIpc) is 3.03. The van der Waals surface area contributed by atoms with E-state index in [1.807, 2.05) is 6.07 Å². The Morgan fingerprint density at radius 3 is 2.85 bits per heavy atom. The van der Waals surface area contributed by atoms with Gasteiger partial charge in [0, 0.05) is 17.3 Å². The van der Waals surface area contributed by atoms with Crippen LogP contribution in [-0.4, -0.2) is 23.7 Å². The fourth-order valence-corrected chi connectivity index (χ4v) is 4.15. The topological polar surface area (TPSA) is 49.3 Å². The molecule has 20 heavy (non-hydrogen) atoms. The molecule has 0 radical (unpaired) electrons. The molecule has 1 aliphatic carbocycles. The number of amides is 1. The third-order valence-corrected chi connectivity index (χ3v) is 5.36. The summed E-state index contributed by atoms with van der Waals surface area (Å²) in [6.45, 7) is 4.90. The molecule has 1 saturated carbocycles. The second-order valence-corrected chi connectivity index (χ2v) is 6.77. The van der Waals surface area contributed by atoms with E-state index in [0.717, 1.165) is 43.4 Å². The number of aryl methyl sites for hydroxylation is 2. The maximum Gasteiger partial charge on any atom is 0.261 e. The predicted molar refractivity (Wildman–Crippen MR) is 83.4 cm³/mol. The molecule has 0 saturated heterocycles. The molecule has 4 heteroatoms. The maximum atomic E-state index is 12.2. The monoisotopic (exact) mass is 295 g/mol. The largest absolute Gasteiger partial charge is 0.393 e. The summed E-state index contributed by atoms with van der Waals surface area (Å²) in [6, 6.07) is 2.04. The molecule has 2 atom stereocenters. The number of carbonyl (C=O) groups is 1. The van der Waals surface area contributed by atoms with Crippen molar-refractivity contribution in [3.8, 4) is 0 Å². The van der Waals surface area contributed by atoms with Crippen LogP contribution in [-0.2, 0) is 12.8 Å². The van der Waals surface area contributed by atoms with Gasteiger partial charge in [-0.25, -0.2) is 0 Å². The van der Waals surface area contributed by atoms with Gasteiger partial charge < -0.3 is 10.4 Å². The number of carbonyl (C=O) groups excluding carboxylic acids is 1. The lowest BCUT2D eigenvalue weighted by atomic mass is 10.1. The van der Waals surface area contributed by atoms with Crippen molar-refractivity contribution in [1.29, 1.82) is 0 Å². The minimum absolute atomic E-state index is 0.0196. The van der Waals surface area contributed by atoms with Gasteiger partial charge in [-0.15, -0.1) is 11.3 Å². The van der Waals surface area contributed by atoms with Gasteiger partial charge in [0.2, 0.25) is 0 Å². The van der Waals surface area contributed by atoms with E-state index in [1.54, 1.807) is 11.3 Å². The van der Waals surface area contributed by atoms with Gasteiger partial charge in [0.15, 0.2) is 0 Å². The summed E-state index contributed by atoms with van der Waals surface area (Å²) in [5.41, 5.74) is 1.31. The molecule has 1 heterocycles. The number of aliphatic hydroxyl groups is 1. The van der Waals surface area contributed by atoms with E-state index in [9.17, 15) is 9.90 Å². The summed E-state index contributed by atoms with van der Waals surface area (Å²) < 4.78 is 0. The van der Waals surface area contributed by atoms with Crippen LogP contribution in [0.1, 0.15) is 59.6 Å². The first-order valence-electron chi connectivity index (χ1n) is 7.73. The third kappa shape index (κ3) is 3.61. The molecule has 1 aliphatic rings. The summed E-state index contributed by atoms with van der Waals surface area (Å²) in [7, 11) is 0. The molecule has 0 aromatic carbocycles. The van der Waals surface area contributed by atoms with Crippen molar-refractivity contribution in [1.82, 2.24) is 5.32 Å². The van der Waals surface area contributed by atoms with Crippen LogP contribution in [0.25, 0.3) is 0 Å². The van der Waals surface area contributed by atoms with Gasteiger partial charge in [-0.05, 0) is 37.3 Å². The van der Waals surface area contributed by atoms with Crippen molar-refractivity contribution in [2.75, 3.05) is 6.54 Å². The molecule has 1 aromatic rings. The zero-order valence-electron chi connectivity index (χ0n) is 12.4. The Labute approximate surface area is 125 Å². The molecule has 1 aromatic heterocycles. The molecule has 2 N–H and O–H groups in total. The van der Waals surface area contributed by atoms with Gasteiger partial charge in [-0.1, -0.05) is 26.7 Å². The van der Waals surface area contributed by atoms with Crippen molar-refractivity contribution < 1.29 is 9.90 Å². The lowest BCUT2D eigenvalue weighted by Crippen LogP contribution is -2.32. The average molecular weight is 295 g/mol. The molecule has 3 nitrogen and oxygen atoms in total. The highest BCUT2D eigenvalue weighted by atomic mass is 32.1. The Balaban J connectivity index is 1.94. The Kier molecular flexibility index (Phi) is 5.61. The number of rotatable bonds is 6. The fourth-order valence-electron chi connectivity index (χ4n) is 2.88.